The van der Waals surface area contributed by atoms with Crippen LogP contribution in [-0.2, 0) is 17.8 Å². The molecule has 0 atom stereocenters. The van der Waals surface area contributed by atoms with Crippen molar-refractivity contribution in [3.63, 3.8) is 0 Å². The summed E-state index contributed by atoms with van der Waals surface area (Å²) in [7, 11) is 1.44. The zero-order valence-electron chi connectivity index (χ0n) is 16.1. The third-order valence-corrected chi connectivity index (χ3v) is 4.72. The van der Waals surface area contributed by atoms with Crippen molar-refractivity contribution < 1.29 is 14.7 Å². The Morgan fingerprint density at radius 2 is 1.92 bits per heavy atom. The van der Waals surface area contributed by atoms with Crippen molar-refractivity contribution in [1.29, 1.82) is 0 Å². The van der Waals surface area contributed by atoms with Gasteiger partial charge in [-0.3, -0.25) is 5.21 Å². The summed E-state index contributed by atoms with van der Waals surface area (Å²) in [4.78, 5) is 0. The quantitative estimate of drug-likeness (QED) is 0.543. The molecule has 0 saturated carbocycles. The van der Waals surface area contributed by atoms with Gasteiger partial charge in [0.05, 0.1) is 12.8 Å². The molecule has 4 nitrogen and oxygen atoms in total. The summed E-state index contributed by atoms with van der Waals surface area (Å²) in [5.74, 6) is 1.16. The van der Waals surface area contributed by atoms with E-state index in [0.717, 1.165) is 33.9 Å². The van der Waals surface area contributed by atoms with Gasteiger partial charge in [-0.25, -0.2) is 0 Å². The van der Waals surface area contributed by atoms with Crippen LogP contribution in [0.3, 0.4) is 0 Å². The molecule has 26 heavy (non-hydrogen) atoms. The van der Waals surface area contributed by atoms with E-state index >= 15 is 0 Å². The lowest BCUT2D eigenvalue weighted by molar-refractivity contribution is 0.264. The number of methoxy groups -OCH3 is 1. The molecule has 0 bridgehead atoms. The fourth-order valence-electron chi connectivity index (χ4n) is 2.69. The van der Waals surface area contributed by atoms with Crippen LogP contribution in [-0.4, -0.2) is 17.5 Å². The Bertz CT molecular complexity index is 774. The number of nitrogens with zero attached hydrogens (tertiary/aromatic N) is 1. The number of anilines is 1. The minimum atomic E-state index is -0.00404. The molecule has 2 aromatic carbocycles. The highest BCUT2D eigenvalue weighted by Gasteiger charge is 2.17. The van der Waals surface area contributed by atoms with Gasteiger partial charge in [0.2, 0.25) is 0 Å². The summed E-state index contributed by atoms with van der Waals surface area (Å²) in [6.45, 7) is 8.69. The minimum absolute atomic E-state index is 0.00404. The average molecular weight is 374 g/mol. The number of ether oxygens (including phenoxy) is 2. The molecule has 0 heterocycles. The Labute approximate surface area is 161 Å². The normalized spacial score (nSPS) is 10.7. The van der Waals surface area contributed by atoms with Gasteiger partial charge in [-0.05, 0) is 60.3 Å². The van der Waals surface area contributed by atoms with Crippen LogP contribution in [0.15, 0.2) is 36.4 Å². The van der Waals surface area contributed by atoms with E-state index in [1.165, 1.54) is 12.7 Å². The van der Waals surface area contributed by atoms with Crippen molar-refractivity contribution in [2.24, 2.45) is 0 Å². The maximum atomic E-state index is 10.4. The Kier molecular flexibility index (Phi) is 7.00. The molecule has 0 saturated heterocycles. The van der Waals surface area contributed by atoms with E-state index in [9.17, 15) is 5.21 Å². The van der Waals surface area contributed by atoms with Gasteiger partial charge in [0, 0.05) is 5.56 Å². The summed E-state index contributed by atoms with van der Waals surface area (Å²) in [6.07, 6.45) is 0.996. The summed E-state index contributed by atoms with van der Waals surface area (Å²) >= 11 is 5.07. The van der Waals surface area contributed by atoms with Crippen molar-refractivity contribution in [1.82, 2.24) is 0 Å². The van der Waals surface area contributed by atoms with Crippen LogP contribution in [0.25, 0.3) is 0 Å². The van der Waals surface area contributed by atoms with E-state index in [-0.39, 0.29) is 5.17 Å². The number of hydrogen-bond donors (Lipinski definition) is 1. The number of hydroxylamine groups is 1. The van der Waals surface area contributed by atoms with Crippen LogP contribution in [0.4, 0.5) is 5.69 Å². The van der Waals surface area contributed by atoms with Gasteiger partial charge in [0.25, 0.3) is 5.17 Å². The molecule has 0 aliphatic rings. The largest absolute Gasteiger partial charge is 0.489 e. The predicted molar refractivity (Wildman–Crippen MR) is 109 cm³/mol. The molecule has 0 spiro atoms. The highest BCUT2D eigenvalue weighted by molar-refractivity contribution is 7.80. The molecule has 5 heteroatoms. The van der Waals surface area contributed by atoms with E-state index in [2.05, 4.69) is 32.9 Å². The lowest BCUT2D eigenvalue weighted by atomic mass is 10.0. The zero-order valence-corrected chi connectivity index (χ0v) is 16.9. The molecule has 0 aromatic heterocycles. The molecule has 0 aliphatic carbocycles. The molecular weight excluding hydrogens is 346 g/mol. The fourth-order valence-corrected chi connectivity index (χ4v) is 2.79. The summed E-state index contributed by atoms with van der Waals surface area (Å²) in [6, 6.07) is 12.1. The van der Waals surface area contributed by atoms with E-state index < -0.39 is 0 Å². The topological polar surface area (TPSA) is 41.9 Å². The first-order valence-electron chi connectivity index (χ1n) is 8.79. The predicted octanol–water partition coefficient (Wildman–Crippen LogP) is 5.39. The molecule has 0 radical (unpaired) electrons. The summed E-state index contributed by atoms with van der Waals surface area (Å²) in [5, 5.41) is 11.3. The number of rotatable bonds is 6. The van der Waals surface area contributed by atoms with Gasteiger partial charge in [-0.15, -0.1) is 0 Å². The Hall–Kier alpha value is -2.11. The van der Waals surface area contributed by atoms with E-state index in [1.807, 2.05) is 31.2 Å². The molecule has 1 N–H and O–H groups in total. The van der Waals surface area contributed by atoms with Gasteiger partial charge >= 0.3 is 0 Å². The number of thiocarbonyl (C=S) groups is 1. The van der Waals surface area contributed by atoms with Gasteiger partial charge in [-0.1, -0.05) is 45.0 Å². The number of benzene rings is 2. The van der Waals surface area contributed by atoms with Gasteiger partial charge < -0.3 is 9.47 Å². The molecule has 0 fully saturated rings. The van der Waals surface area contributed by atoms with Crippen molar-refractivity contribution >= 4 is 23.1 Å². The second-order valence-electron chi connectivity index (χ2n) is 6.57. The van der Waals surface area contributed by atoms with Gasteiger partial charge in [0.1, 0.15) is 12.4 Å². The Morgan fingerprint density at radius 3 is 2.50 bits per heavy atom. The van der Waals surface area contributed by atoms with Crippen molar-refractivity contribution in [3.8, 4) is 5.75 Å². The lowest BCUT2D eigenvalue weighted by Gasteiger charge is -2.21. The molecule has 2 aromatic rings. The van der Waals surface area contributed by atoms with Crippen LogP contribution in [0.2, 0.25) is 0 Å². The number of aryl methyl sites for hydroxylation is 2. The van der Waals surface area contributed by atoms with Crippen molar-refractivity contribution in [2.75, 3.05) is 12.2 Å². The smallest absolute Gasteiger partial charge is 0.288 e. The molecule has 140 valence electrons. The first-order chi connectivity index (χ1) is 12.4. The fraction of sp³-hybridized carbons (Fsp3) is 0.381. The maximum absolute atomic E-state index is 10.4. The first-order valence-corrected chi connectivity index (χ1v) is 9.20. The standard InChI is InChI=1S/C21H27NO3S/c1-6-16-7-10-20(15(4)11-16)25-13-18-9-8-17(14(2)3)12-19(18)22(23)21(26)24-5/h7-12,14,23H,6,13H2,1-5H3. The molecule has 0 unspecified atom stereocenters. The highest BCUT2D eigenvalue weighted by Crippen LogP contribution is 2.28. The maximum Gasteiger partial charge on any atom is 0.288 e. The SMILES string of the molecule is CCc1ccc(OCc2ccc(C(C)C)cc2N(O)C(=S)OC)c(C)c1. The molecule has 2 rings (SSSR count). The van der Waals surface area contributed by atoms with Crippen molar-refractivity contribution in [3.05, 3.63) is 58.7 Å². The second kappa shape index (κ2) is 9.01. The zero-order chi connectivity index (χ0) is 19.3. The Balaban J connectivity index is 2.29. The molecule has 0 aliphatic heterocycles. The average Bonchev–Trinajstić information content (AvgIpc) is 2.65. The highest BCUT2D eigenvalue weighted by atomic mass is 32.1. The second-order valence-corrected chi connectivity index (χ2v) is 6.92. The first kappa shape index (κ1) is 20.2. The van der Waals surface area contributed by atoms with E-state index in [1.54, 1.807) is 0 Å². The Morgan fingerprint density at radius 1 is 1.19 bits per heavy atom. The van der Waals surface area contributed by atoms with Crippen LogP contribution < -0.4 is 9.80 Å². The third kappa shape index (κ3) is 4.74. The van der Waals surface area contributed by atoms with Crippen LogP contribution >= 0.6 is 12.2 Å². The summed E-state index contributed by atoms with van der Waals surface area (Å²) < 4.78 is 11.0. The molecular formula is C21H27NO3S. The van der Waals surface area contributed by atoms with E-state index in [0.29, 0.717) is 18.2 Å². The van der Waals surface area contributed by atoms with Crippen LogP contribution in [0, 0.1) is 6.92 Å². The minimum Gasteiger partial charge on any atom is -0.489 e. The summed E-state index contributed by atoms with van der Waals surface area (Å²) in [5.41, 5.74) is 4.88. The van der Waals surface area contributed by atoms with E-state index in [4.69, 9.17) is 21.7 Å². The van der Waals surface area contributed by atoms with Crippen LogP contribution in [0.5, 0.6) is 5.75 Å². The number of hydrogen-bond acceptors (Lipinski definition) is 4. The molecule has 0 amide bonds. The lowest BCUT2D eigenvalue weighted by Crippen LogP contribution is -2.27. The van der Waals surface area contributed by atoms with Gasteiger partial charge in [0.15, 0.2) is 0 Å². The van der Waals surface area contributed by atoms with Crippen molar-refractivity contribution in [2.45, 2.75) is 46.6 Å². The monoisotopic (exact) mass is 373 g/mol. The van der Waals surface area contributed by atoms with Gasteiger partial charge in [-0.2, -0.15) is 5.06 Å². The third-order valence-electron chi connectivity index (χ3n) is 4.38. The van der Waals surface area contributed by atoms with Crippen LogP contribution in [0.1, 0.15) is 48.9 Å².